The molecule has 1 unspecified atom stereocenters. The van der Waals surface area contributed by atoms with Crippen molar-refractivity contribution >= 4 is 11.6 Å². The van der Waals surface area contributed by atoms with Crippen LogP contribution in [0.5, 0.6) is 0 Å². The number of likely N-dealkylation sites (N-methyl/N-ethyl adjacent to an activating group) is 1. The summed E-state index contributed by atoms with van der Waals surface area (Å²) >= 11 is 5.60. The number of aliphatic hydroxyl groups excluding tert-OH is 1. The van der Waals surface area contributed by atoms with Crippen molar-refractivity contribution in [2.24, 2.45) is 0 Å². The molecule has 4 heteroatoms. The third-order valence-electron chi connectivity index (χ3n) is 1.08. The van der Waals surface area contributed by atoms with Crippen molar-refractivity contribution in [3.63, 3.8) is 0 Å². The van der Waals surface area contributed by atoms with Crippen molar-refractivity contribution in [1.29, 1.82) is 0 Å². The maximum atomic E-state index is 8.94. The SMILES string of the molecule is CC(O)C[N+](C)(C)CCl.[Br-]. The molecule has 10 heavy (non-hydrogen) atoms. The second-order valence-corrected chi connectivity index (χ2v) is 3.33. The van der Waals surface area contributed by atoms with E-state index in [0.717, 1.165) is 0 Å². The third kappa shape index (κ3) is 6.81. The minimum Gasteiger partial charge on any atom is -1.00 e. The van der Waals surface area contributed by atoms with Gasteiger partial charge in [0, 0.05) is 0 Å². The van der Waals surface area contributed by atoms with E-state index >= 15 is 0 Å². The summed E-state index contributed by atoms with van der Waals surface area (Å²) in [6.45, 7) is 2.48. The maximum Gasteiger partial charge on any atom is 0.154 e. The van der Waals surface area contributed by atoms with E-state index in [9.17, 15) is 0 Å². The van der Waals surface area contributed by atoms with Gasteiger partial charge in [-0.2, -0.15) is 0 Å². The van der Waals surface area contributed by atoms with Gasteiger partial charge in [0.05, 0.1) is 14.1 Å². The van der Waals surface area contributed by atoms with Crippen LogP contribution in [0.4, 0.5) is 0 Å². The quantitative estimate of drug-likeness (QED) is 0.328. The molecule has 0 rings (SSSR count). The molecule has 0 saturated carbocycles. The van der Waals surface area contributed by atoms with Gasteiger partial charge in [-0.25, -0.2) is 0 Å². The Hall–Kier alpha value is 0.690. The minimum atomic E-state index is -0.265. The molecule has 0 aromatic rings. The first kappa shape index (κ1) is 13.3. The fraction of sp³-hybridized carbons (Fsp3) is 1.00. The highest BCUT2D eigenvalue weighted by Crippen LogP contribution is 2.00. The van der Waals surface area contributed by atoms with Gasteiger partial charge >= 0.3 is 0 Å². The van der Waals surface area contributed by atoms with E-state index in [-0.39, 0.29) is 23.1 Å². The van der Waals surface area contributed by atoms with E-state index in [1.54, 1.807) is 6.92 Å². The van der Waals surface area contributed by atoms with Gasteiger partial charge in [-0.3, -0.25) is 0 Å². The molecule has 0 radical (unpaired) electrons. The molecule has 0 bridgehead atoms. The van der Waals surface area contributed by atoms with Gasteiger partial charge in [0.1, 0.15) is 12.6 Å². The number of hydrogen-bond acceptors (Lipinski definition) is 1. The second kappa shape index (κ2) is 5.35. The second-order valence-electron chi connectivity index (χ2n) is 3.09. The molecule has 64 valence electrons. The van der Waals surface area contributed by atoms with Crippen molar-refractivity contribution < 1.29 is 26.6 Å². The van der Waals surface area contributed by atoms with Crippen LogP contribution in [0.15, 0.2) is 0 Å². The van der Waals surface area contributed by atoms with Crippen molar-refractivity contribution in [3.8, 4) is 0 Å². The summed E-state index contributed by atoms with van der Waals surface area (Å²) in [6.07, 6.45) is -0.265. The molecular formula is C6H15BrClNO. The standard InChI is InChI=1S/C6H15ClNO.BrH/c1-6(9)4-8(2,3)5-7;/h6,9H,4-5H2,1-3H3;1H/q+1;/p-1. The van der Waals surface area contributed by atoms with Crippen LogP contribution in [-0.2, 0) is 0 Å². The lowest BCUT2D eigenvalue weighted by Gasteiger charge is -2.27. The Morgan fingerprint density at radius 1 is 1.50 bits per heavy atom. The van der Waals surface area contributed by atoms with Gasteiger partial charge in [0.15, 0.2) is 6.00 Å². The third-order valence-corrected chi connectivity index (χ3v) is 1.73. The first-order valence-electron chi connectivity index (χ1n) is 3.04. The summed E-state index contributed by atoms with van der Waals surface area (Å²) in [6, 6.07) is 0.547. The van der Waals surface area contributed by atoms with Crippen molar-refractivity contribution in [1.82, 2.24) is 0 Å². The van der Waals surface area contributed by atoms with E-state index in [0.29, 0.717) is 17.0 Å². The van der Waals surface area contributed by atoms with Crippen LogP contribution >= 0.6 is 11.6 Å². The normalized spacial score (nSPS) is 14.1. The summed E-state index contributed by atoms with van der Waals surface area (Å²) < 4.78 is 0.666. The highest BCUT2D eigenvalue weighted by atomic mass is 79.9. The van der Waals surface area contributed by atoms with E-state index in [1.807, 2.05) is 14.1 Å². The summed E-state index contributed by atoms with van der Waals surface area (Å²) in [4.78, 5) is 0. The molecule has 1 N–H and O–H groups in total. The first-order valence-corrected chi connectivity index (χ1v) is 3.57. The molecule has 0 aliphatic rings. The Morgan fingerprint density at radius 2 is 1.90 bits per heavy atom. The average Bonchev–Trinajstić information content (AvgIpc) is 1.63. The fourth-order valence-electron chi connectivity index (χ4n) is 0.764. The average molecular weight is 233 g/mol. The summed E-state index contributed by atoms with van der Waals surface area (Å²) in [5.74, 6) is 0. The molecule has 0 aliphatic heterocycles. The number of rotatable bonds is 3. The molecule has 0 saturated heterocycles. The number of nitrogens with zero attached hydrogens (tertiary/aromatic N) is 1. The van der Waals surface area contributed by atoms with Gasteiger partial charge in [0.2, 0.25) is 0 Å². The number of hydrogen-bond donors (Lipinski definition) is 1. The Labute approximate surface area is 78.1 Å². The highest BCUT2D eigenvalue weighted by molar-refractivity contribution is 6.16. The molecular weight excluding hydrogens is 217 g/mol. The molecule has 0 spiro atoms. The van der Waals surface area contributed by atoms with Crippen LogP contribution < -0.4 is 17.0 Å². The number of halogens is 2. The zero-order chi connectivity index (χ0) is 7.49. The Kier molecular flexibility index (Phi) is 7.12. The predicted octanol–water partition coefficient (Wildman–Crippen LogP) is -2.36. The predicted molar refractivity (Wildman–Crippen MR) is 39.4 cm³/mol. The Morgan fingerprint density at radius 3 is 2.00 bits per heavy atom. The van der Waals surface area contributed by atoms with Gasteiger partial charge in [-0.15, -0.1) is 0 Å². The molecule has 1 atom stereocenters. The summed E-state index contributed by atoms with van der Waals surface area (Å²) in [7, 11) is 3.97. The molecule has 0 aromatic carbocycles. The van der Waals surface area contributed by atoms with Crippen molar-refractivity contribution in [2.75, 3.05) is 26.6 Å². The number of alkyl halides is 1. The van der Waals surface area contributed by atoms with E-state index in [4.69, 9.17) is 16.7 Å². The van der Waals surface area contributed by atoms with Crippen LogP contribution in [0.25, 0.3) is 0 Å². The van der Waals surface area contributed by atoms with Crippen LogP contribution in [0, 0.1) is 0 Å². The summed E-state index contributed by atoms with van der Waals surface area (Å²) in [5.41, 5.74) is 0. The zero-order valence-corrected chi connectivity index (χ0v) is 8.98. The zero-order valence-electron chi connectivity index (χ0n) is 6.64. The largest absolute Gasteiger partial charge is 1.00 e. The monoisotopic (exact) mass is 231 g/mol. The van der Waals surface area contributed by atoms with Gasteiger partial charge in [-0.05, 0) is 6.92 Å². The fourth-order valence-corrected chi connectivity index (χ4v) is 0.862. The van der Waals surface area contributed by atoms with Crippen LogP contribution in [0.2, 0.25) is 0 Å². The molecule has 2 nitrogen and oxygen atoms in total. The summed E-state index contributed by atoms with van der Waals surface area (Å²) in [5, 5.41) is 8.94. The van der Waals surface area contributed by atoms with Gasteiger partial charge < -0.3 is 26.6 Å². The topological polar surface area (TPSA) is 20.2 Å². The van der Waals surface area contributed by atoms with Crippen molar-refractivity contribution in [2.45, 2.75) is 13.0 Å². The molecule has 0 aromatic heterocycles. The highest BCUT2D eigenvalue weighted by Gasteiger charge is 2.15. The number of aliphatic hydroxyl groups is 1. The molecule has 0 amide bonds. The van der Waals surface area contributed by atoms with Crippen LogP contribution in [0.3, 0.4) is 0 Å². The maximum absolute atomic E-state index is 8.94. The Balaban J connectivity index is 0. The Bertz CT molecular complexity index is 87.8. The lowest BCUT2D eigenvalue weighted by atomic mass is 10.3. The minimum absolute atomic E-state index is 0. The number of quaternary nitrogens is 1. The molecule has 0 aliphatic carbocycles. The van der Waals surface area contributed by atoms with E-state index < -0.39 is 0 Å². The van der Waals surface area contributed by atoms with Gasteiger partial charge in [-0.1, -0.05) is 11.6 Å². The van der Waals surface area contributed by atoms with Crippen LogP contribution in [-0.4, -0.2) is 42.3 Å². The van der Waals surface area contributed by atoms with E-state index in [2.05, 4.69) is 0 Å². The van der Waals surface area contributed by atoms with Crippen LogP contribution in [0.1, 0.15) is 6.92 Å². The lowest BCUT2D eigenvalue weighted by Crippen LogP contribution is -3.00. The van der Waals surface area contributed by atoms with Crippen molar-refractivity contribution in [3.05, 3.63) is 0 Å². The van der Waals surface area contributed by atoms with E-state index in [1.165, 1.54) is 0 Å². The smallest absolute Gasteiger partial charge is 0.154 e. The first-order chi connectivity index (χ1) is 3.98. The lowest BCUT2D eigenvalue weighted by molar-refractivity contribution is -0.882. The molecule has 0 fully saturated rings. The van der Waals surface area contributed by atoms with Gasteiger partial charge in [0.25, 0.3) is 0 Å². The molecule has 0 heterocycles.